The third-order valence-electron chi connectivity index (χ3n) is 9.59. The monoisotopic (exact) mass is 646 g/mol. The Kier molecular flexibility index (Phi) is 7.67. The van der Waals surface area contributed by atoms with E-state index in [-0.39, 0.29) is 11.9 Å². The molecule has 2 aromatic carbocycles. The first-order valence-electron chi connectivity index (χ1n) is 16.5. The van der Waals surface area contributed by atoms with Crippen molar-refractivity contribution in [2.75, 3.05) is 63.1 Å². The molecule has 1 unspecified atom stereocenters. The van der Waals surface area contributed by atoms with Gasteiger partial charge in [0, 0.05) is 38.4 Å². The standard InChI is InChI=1S/C35H38N10O3/c1-35(25-8-3-2-4-9-25,45-32-28(24-37-45)31-38-30(29-10-7-22-48-29)40-44(31)34(36)39-32)33(46)43-19-17-42(18-20-43)26-11-13-27(14-12-26)47-23-21-41-15-5-6-16-41/h2-4,7-14,22,24H,5-6,15-21,23H2,1H3,(H2,36,39). The van der Waals surface area contributed by atoms with Crippen LogP contribution in [0.1, 0.15) is 25.3 Å². The molecule has 13 nitrogen and oxygen atoms in total. The van der Waals surface area contributed by atoms with Crippen LogP contribution in [0.4, 0.5) is 11.6 Å². The first-order chi connectivity index (χ1) is 23.5. The van der Waals surface area contributed by atoms with Gasteiger partial charge >= 0.3 is 0 Å². The summed E-state index contributed by atoms with van der Waals surface area (Å²) in [6.45, 7) is 8.43. The van der Waals surface area contributed by atoms with Crippen molar-refractivity contribution in [1.29, 1.82) is 0 Å². The van der Waals surface area contributed by atoms with Gasteiger partial charge in [-0.25, -0.2) is 9.67 Å². The number of anilines is 2. The molecule has 48 heavy (non-hydrogen) atoms. The number of hydrogen-bond donors (Lipinski definition) is 1. The fourth-order valence-corrected chi connectivity index (χ4v) is 6.87. The van der Waals surface area contributed by atoms with Gasteiger partial charge in [0.15, 0.2) is 22.6 Å². The van der Waals surface area contributed by atoms with Gasteiger partial charge in [-0.2, -0.15) is 14.6 Å². The molecule has 0 bridgehead atoms. The first kappa shape index (κ1) is 29.9. The van der Waals surface area contributed by atoms with Crippen LogP contribution < -0.4 is 15.4 Å². The molecule has 6 heterocycles. The Balaban J connectivity index is 1.03. The van der Waals surface area contributed by atoms with E-state index < -0.39 is 5.54 Å². The molecule has 246 valence electrons. The number of amides is 1. The highest BCUT2D eigenvalue weighted by Gasteiger charge is 2.43. The number of fused-ring (bicyclic) bond motifs is 3. The molecule has 1 amide bonds. The van der Waals surface area contributed by atoms with Crippen LogP contribution in [0.25, 0.3) is 28.3 Å². The van der Waals surface area contributed by atoms with E-state index in [4.69, 9.17) is 30.0 Å². The molecule has 6 aromatic rings. The van der Waals surface area contributed by atoms with Crippen molar-refractivity contribution in [3.05, 3.63) is 84.8 Å². The highest BCUT2D eigenvalue weighted by Crippen LogP contribution is 2.34. The van der Waals surface area contributed by atoms with Gasteiger partial charge in [0.1, 0.15) is 12.4 Å². The zero-order chi connectivity index (χ0) is 32.7. The van der Waals surface area contributed by atoms with E-state index in [2.05, 4.69) is 27.0 Å². The number of carbonyl (C=O) groups is 1. The fraction of sp³-hybridized carbons (Fsp3) is 0.343. The van der Waals surface area contributed by atoms with Crippen LogP contribution in [0.15, 0.2) is 83.6 Å². The van der Waals surface area contributed by atoms with E-state index in [0.717, 1.165) is 23.5 Å². The van der Waals surface area contributed by atoms with Gasteiger partial charge in [0.2, 0.25) is 11.8 Å². The quantitative estimate of drug-likeness (QED) is 0.246. The van der Waals surface area contributed by atoms with E-state index in [0.29, 0.717) is 61.1 Å². The summed E-state index contributed by atoms with van der Waals surface area (Å²) in [6, 6.07) is 21.5. The SMILES string of the molecule is CC(C(=O)N1CCN(c2ccc(OCCN3CCCC3)cc2)CC1)(c1ccccc1)n1ncc2c1nc(N)n1nc(-c3ccco3)nc21. The molecule has 0 radical (unpaired) electrons. The number of nitrogens with two attached hydrogens (primary N) is 1. The number of benzene rings is 2. The van der Waals surface area contributed by atoms with Gasteiger partial charge in [-0.15, -0.1) is 5.10 Å². The average molecular weight is 647 g/mol. The van der Waals surface area contributed by atoms with Crippen LogP contribution in [-0.2, 0) is 10.3 Å². The normalized spacial score (nSPS) is 16.9. The number of carbonyl (C=O) groups excluding carboxylic acids is 1. The largest absolute Gasteiger partial charge is 0.492 e. The molecule has 13 heteroatoms. The topological polar surface area (TPSA) is 136 Å². The lowest BCUT2D eigenvalue weighted by Crippen LogP contribution is -2.56. The Labute approximate surface area is 277 Å². The van der Waals surface area contributed by atoms with Gasteiger partial charge in [-0.3, -0.25) is 9.69 Å². The Bertz CT molecular complexity index is 2030. The Morgan fingerprint density at radius 1 is 0.917 bits per heavy atom. The zero-order valence-electron chi connectivity index (χ0n) is 26.9. The number of furan rings is 1. The second-order valence-electron chi connectivity index (χ2n) is 12.5. The Morgan fingerprint density at radius 3 is 2.42 bits per heavy atom. The van der Waals surface area contributed by atoms with Crippen LogP contribution in [-0.4, -0.2) is 97.5 Å². The molecule has 2 aliphatic rings. The number of hydrogen-bond acceptors (Lipinski definition) is 10. The van der Waals surface area contributed by atoms with Crippen molar-refractivity contribution in [1.82, 2.24) is 39.2 Å². The molecule has 2 fully saturated rings. The maximum Gasteiger partial charge on any atom is 0.255 e. The van der Waals surface area contributed by atoms with Crippen molar-refractivity contribution in [2.45, 2.75) is 25.3 Å². The lowest BCUT2D eigenvalue weighted by molar-refractivity contribution is -0.138. The summed E-state index contributed by atoms with van der Waals surface area (Å²) >= 11 is 0. The van der Waals surface area contributed by atoms with Crippen LogP contribution in [0.2, 0.25) is 0 Å². The first-order valence-corrected chi connectivity index (χ1v) is 16.5. The number of nitrogens with zero attached hydrogens (tertiary/aromatic N) is 9. The molecule has 1 atom stereocenters. The van der Waals surface area contributed by atoms with Crippen LogP contribution in [0, 0.1) is 0 Å². The minimum absolute atomic E-state index is 0.0712. The van der Waals surface area contributed by atoms with E-state index in [1.165, 1.54) is 30.4 Å². The molecular formula is C35H38N10O3. The maximum absolute atomic E-state index is 14.7. The Hall–Kier alpha value is -5.43. The van der Waals surface area contributed by atoms with Crippen LogP contribution in [0.3, 0.4) is 0 Å². The summed E-state index contributed by atoms with van der Waals surface area (Å²) in [4.78, 5) is 30.7. The predicted molar refractivity (Wildman–Crippen MR) is 182 cm³/mol. The van der Waals surface area contributed by atoms with Gasteiger partial charge in [-0.05, 0) is 74.8 Å². The summed E-state index contributed by atoms with van der Waals surface area (Å²) in [7, 11) is 0. The molecule has 2 N–H and O–H groups in total. The third-order valence-corrected chi connectivity index (χ3v) is 9.59. The number of ether oxygens (including phenoxy) is 1. The number of piperazine rings is 1. The summed E-state index contributed by atoms with van der Waals surface area (Å²) in [5.74, 6) is 1.83. The Morgan fingerprint density at radius 2 is 1.69 bits per heavy atom. The highest BCUT2D eigenvalue weighted by atomic mass is 16.5. The second kappa shape index (κ2) is 12.3. The minimum Gasteiger partial charge on any atom is -0.492 e. The second-order valence-corrected chi connectivity index (χ2v) is 12.5. The molecule has 0 spiro atoms. The third kappa shape index (κ3) is 5.29. The number of nitrogen functional groups attached to an aromatic ring is 1. The van der Waals surface area contributed by atoms with E-state index >= 15 is 0 Å². The number of rotatable bonds is 9. The molecule has 0 saturated carbocycles. The number of likely N-dealkylation sites (tertiary alicyclic amines) is 1. The van der Waals surface area contributed by atoms with E-state index in [9.17, 15) is 4.79 Å². The lowest BCUT2D eigenvalue weighted by atomic mass is 9.90. The molecule has 8 rings (SSSR count). The summed E-state index contributed by atoms with van der Waals surface area (Å²) < 4.78 is 14.7. The van der Waals surface area contributed by atoms with Gasteiger partial charge < -0.3 is 24.7 Å². The maximum atomic E-state index is 14.7. The van der Waals surface area contributed by atoms with Crippen molar-refractivity contribution in [2.24, 2.45) is 0 Å². The predicted octanol–water partition coefficient (Wildman–Crippen LogP) is 3.90. The minimum atomic E-state index is -1.21. The van der Waals surface area contributed by atoms with Gasteiger partial charge in [-0.1, -0.05) is 30.3 Å². The molecule has 0 aliphatic carbocycles. The summed E-state index contributed by atoms with van der Waals surface area (Å²) in [6.07, 6.45) is 5.81. The van der Waals surface area contributed by atoms with Gasteiger partial charge in [0.25, 0.3) is 5.91 Å². The highest BCUT2D eigenvalue weighted by molar-refractivity contribution is 5.94. The molecular weight excluding hydrogens is 608 g/mol. The van der Waals surface area contributed by atoms with E-state index in [1.807, 2.05) is 54.3 Å². The lowest BCUT2D eigenvalue weighted by Gasteiger charge is -2.40. The molecule has 2 aliphatic heterocycles. The average Bonchev–Trinajstić information content (AvgIpc) is 3.96. The fourth-order valence-electron chi connectivity index (χ4n) is 6.87. The van der Waals surface area contributed by atoms with Crippen molar-refractivity contribution >= 4 is 34.2 Å². The molecule has 2 saturated heterocycles. The smallest absolute Gasteiger partial charge is 0.255 e. The van der Waals surface area contributed by atoms with E-state index in [1.54, 1.807) is 29.3 Å². The summed E-state index contributed by atoms with van der Waals surface area (Å²) in [5.41, 5.74) is 8.04. The van der Waals surface area contributed by atoms with Crippen LogP contribution >= 0.6 is 0 Å². The van der Waals surface area contributed by atoms with Crippen molar-refractivity contribution in [3.63, 3.8) is 0 Å². The van der Waals surface area contributed by atoms with Gasteiger partial charge in [0.05, 0.1) is 17.8 Å². The number of aromatic nitrogens is 6. The summed E-state index contributed by atoms with van der Waals surface area (Å²) in [5, 5.41) is 9.89. The molecule has 4 aromatic heterocycles. The zero-order valence-corrected chi connectivity index (χ0v) is 26.9. The van der Waals surface area contributed by atoms with Crippen molar-refractivity contribution < 1.29 is 13.9 Å². The van der Waals surface area contributed by atoms with Crippen LogP contribution in [0.5, 0.6) is 5.75 Å². The van der Waals surface area contributed by atoms with Crippen molar-refractivity contribution in [3.8, 4) is 17.3 Å².